The number of carbonyl (C=O) groups excluding carboxylic acids is 1. The molecule has 0 radical (unpaired) electrons. The Morgan fingerprint density at radius 1 is 1.08 bits per heavy atom. The van der Waals surface area contributed by atoms with E-state index in [1.807, 2.05) is 0 Å². The number of carbonyl (C=O) groups is 1. The van der Waals surface area contributed by atoms with E-state index in [1.54, 1.807) is 53.9 Å². The number of ether oxygens (including phenoxy) is 5. The van der Waals surface area contributed by atoms with Gasteiger partial charge in [0.1, 0.15) is 22.3 Å². The van der Waals surface area contributed by atoms with Gasteiger partial charge in [0.15, 0.2) is 11.5 Å². The highest BCUT2D eigenvalue weighted by Crippen LogP contribution is 2.49. The molecule has 1 unspecified atom stereocenters. The van der Waals surface area contributed by atoms with E-state index < -0.39 is 11.9 Å². The lowest BCUT2D eigenvalue weighted by molar-refractivity contribution is 0.0738. The Morgan fingerprint density at radius 3 is 2.45 bits per heavy atom. The summed E-state index contributed by atoms with van der Waals surface area (Å²) in [7, 11) is 4.55. The van der Waals surface area contributed by atoms with Crippen LogP contribution in [0.15, 0.2) is 65.4 Å². The van der Waals surface area contributed by atoms with Crippen LogP contribution in [0.5, 0.6) is 28.9 Å². The maximum absolute atomic E-state index is 12.8. The Kier molecular flexibility index (Phi) is 6.64. The molecule has 3 N–H and O–H groups in total. The molecular formula is C27H22N4O6S. The second-order valence-electron chi connectivity index (χ2n) is 8.06. The molecule has 0 fully saturated rings. The number of para-hydroxylation sites is 1. The number of nitriles is 1. The lowest BCUT2D eigenvalue weighted by Gasteiger charge is -2.25. The molecular weight excluding hydrogens is 508 g/mol. The highest BCUT2D eigenvalue weighted by molar-refractivity contribution is 7.12. The summed E-state index contributed by atoms with van der Waals surface area (Å²) in [6.07, 6.45) is 0. The molecule has 0 amide bonds. The van der Waals surface area contributed by atoms with E-state index in [1.165, 1.54) is 32.7 Å². The summed E-state index contributed by atoms with van der Waals surface area (Å²) < 4.78 is 28.0. The molecule has 5 rings (SSSR count). The molecule has 0 spiro atoms. The highest BCUT2D eigenvalue weighted by atomic mass is 32.1. The molecule has 11 heteroatoms. The normalized spacial score (nSPS) is 14.2. The Morgan fingerprint density at radius 2 is 1.82 bits per heavy atom. The molecule has 1 aliphatic heterocycles. The van der Waals surface area contributed by atoms with Crippen LogP contribution in [0.3, 0.4) is 0 Å². The van der Waals surface area contributed by atoms with Crippen molar-refractivity contribution >= 4 is 17.3 Å². The Hall–Kier alpha value is -4.95. The fraction of sp³-hybridized carbons (Fsp3) is 0.148. The lowest BCUT2D eigenvalue weighted by Crippen LogP contribution is -2.21. The predicted octanol–water partition coefficient (Wildman–Crippen LogP) is 4.60. The summed E-state index contributed by atoms with van der Waals surface area (Å²) in [6, 6.07) is 16.1. The first-order chi connectivity index (χ1) is 18.5. The molecule has 0 saturated heterocycles. The zero-order valence-corrected chi connectivity index (χ0v) is 21.4. The first kappa shape index (κ1) is 24.7. The van der Waals surface area contributed by atoms with Crippen molar-refractivity contribution in [2.45, 2.75) is 5.92 Å². The number of aromatic amines is 1. The van der Waals surface area contributed by atoms with Crippen molar-refractivity contribution in [3.05, 3.63) is 81.4 Å². The van der Waals surface area contributed by atoms with Crippen LogP contribution >= 0.6 is 11.3 Å². The topological polar surface area (TPSA) is 142 Å². The van der Waals surface area contributed by atoms with Gasteiger partial charge in [-0.05, 0) is 29.6 Å². The number of fused-ring (bicyclic) bond motifs is 1. The molecule has 3 heterocycles. The minimum atomic E-state index is -0.760. The van der Waals surface area contributed by atoms with E-state index in [0.29, 0.717) is 44.5 Å². The van der Waals surface area contributed by atoms with Crippen LogP contribution in [0.1, 0.15) is 26.7 Å². The van der Waals surface area contributed by atoms with Crippen LogP contribution in [-0.2, 0) is 0 Å². The van der Waals surface area contributed by atoms with Gasteiger partial charge in [-0.25, -0.2) is 4.79 Å². The number of nitrogens with two attached hydrogens (primary N) is 1. The van der Waals surface area contributed by atoms with Gasteiger partial charge in [0.2, 0.25) is 17.5 Å². The fourth-order valence-corrected chi connectivity index (χ4v) is 4.96. The third-order valence-electron chi connectivity index (χ3n) is 6.05. The van der Waals surface area contributed by atoms with Gasteiger partial charge in [0.05, 0.1) is 38.5 Å². The first-order valence-electron chi connectivity index (χ1n) is 11.3. The maximum Gasteiger partial charge on any atom is 0.353 e. The van der Waals surface area contributed by atoms with Gasteiger partial charge in [-0.3, -0.25) is 5.10 Å². The van der Waals surface area contributed by atoms with Gasteiger partial charge >= 0.3 is 5.97 Å². The van der Waals surface area contributed by atoms with Crippen LogP contribution in [0.4, 0.5) is 0 Å². The number of aromatic nitrogens is 2. The summed E-state index contributed by atoms with van der Waals surface area (Å²) in [5.41, 5.74) is 8.54. The second-order valence-corrected chi connectivity index (χ2v) is 9.01. The molecule has 0 bridgehead atoms. The second kappa shape index (κ2) is 10.2. The standard InChI is InChI=1S/C27H22N4O6S/c1-33-18-11-14(12-19(34-2)24(18)35-3)23-22-21(16(13-28)25(29)37-26(22)31-30-23)15-7-4-5-8-17(15)36-27(32)20-9-6-10-38-20/h4-12,21H,29H2,1-3H3,(H,30,31). The average molecular weight is 531 g/mol. The number of thiophene rings is 1. The van der Waals surface area contributed by atoms with Gasteiger partial charge in [0, 0.05) is 11.1 Å². The monoisotopic (exact) mass is 530 g/mol. The summed E-state index contributed by atoms with van der Waals surface area (Å²) >= 11 is 1.27. The minimum Gasteiger partial charge on any atom is -0.493 e. The molecule has 0 saturated carbocycles. The Balaban J connectivity index is 1.69. The van der Waals surface area contributed by atoms with Crippen LogP contribution in [0, 0.1) is 11.3 Å². The summed E-state index contributed by atoms with van der Waals surface area (Å²) in [4.78, 5) is 13.3. The van der Waals surface area contributed by atoms with Gasteiger partial charge in [-0.1, -0.05) is 24.3 Å². The van der Waals surface area contributed by atoms with Crippen molar-refractivity contribution in [1.82, 2.24) is 10.2 Å². The third kappa shape index (κ3) is 4.16. The largest absolute Gasteiger partial charge is 0.493 e. The number of rotatable bonds is 7. The molecule has 38 heavy (non-hydrogen) atoms. The van der Waals surface area contributed by atoms with Gasteiger partial charge in [0.25, 0.3) is 0 Å². The SMILES string of the molecule is COc1cc(-c2[nH]nc3c2C(c2ccccc2OC(=O)c2cccs2)C(C#N)=C(N)O3)cc(OC)c1OC. The van der Waals surface area contributed by atoms with Crippen LogP contribution in [-0.4, -0.2) is 37.5 Å². The molecule has 4 aromatic rings. The smallest absolute Gasteiger partial charge is 0.353 e. The minimum absolute atomic E-state index is 0.0904. The van der Waals surface area contributed by atoms with Crippen LogP contribution in [0.25, 0.3) is 11.3 Å². The molecule has 2 aromatic carbocycles. The number of H-pyrrole nitrogens is 1. The van der Waals surface area contributed by atoms with E-state index in [2.05, 4.69) is 16.3 Å². The van der Waals surface area contributed by atoms with Gasteiger partial charge in [-0.2, -0.15) is 5.26 Å². The summed E-state index contributed by atoms with van der Waals surface area (Å²) in [5, 5.41) is 19.2. The van der Waals surface area contributed by atoms with Crippen molar-refractivity contribution in [3.63, 3.8) is 0 Å². The lowest BCUT2D eigenvalue weighted by atomic mass is 9.82. The highest BCUT2D eigenvalue weighted by Gasteiger charge is 2.37. The predicted molar refractivity (Wildman–Crippen MR) is 139 cm³/mol. The number of benzene rings is 2. The summed E-state index contributed by atoms with van der Waals surface area (Å²) in [5.74, 6) is 0.394. The molecule has 1 atom stereocenters. The third-order valence-corrected chi connectivity index (χ3v) is 6.90. The fourth-order valence-electron chi connectivity index (χ4n) is 4.36. The molecule has 1 aliphatic rings. The van der Waals surface area contributed by atoms with Gasteiger partial charge in [-0.15, -0.1) is 16.4 Å². The Labute approximate surface area is 221 Å². The number of nitrogens with one attached hydrogen (secondary N) is 1. The maximum atomic E-state index is 12.8. The molecule has 0 aliphatic carbocycles. The number of nitrogens with zero attached hydrogens (tertiary/aromatic N) is 2. The number of esters is 1. The zero-order chi connectivity index (χ0) is 26.8. The first-order valence-corrected chi connectivity index (χ1v) is 12.2. The quantitative estimate of drug-likeness (QED) is 0.259. The van der Waals surface area contributed by atoms with E-state index in [-0.39, 0.29) is 23.1 Å². The van der Waals surface area contributed by atoms with Crippen molar-refractivity contribution in [1.29, 1.82) is 5.26 Å². The van der Waals surface area contributed by atoms with Crippen molar-refractivity contribution in [2.24, 2.45) is 5.73 Å². The average Bonchev–Trinajstić information content (AvgIpc) is 3.62. The van der Waals surface area contributed by atoms with Crippen LogP contribution in [0.2, 0.25) is 0 Å². The van der Waals surface area contributed by atoms with E-state index in [9.17, 15) is 10.1 Å². The van der Waals surface area contributed by atoms with Gasteiger partial charge < -0.3 is 29.4 Å². The van der Waals surface area contributed by atoms with E-state index in [4.69, 9.17) is 29.4 Å². The number of allylic oxidation sites excluding steroid dienone is 1. The van der Waals surface area contributed by atoms with E-state index in [0.717, 1.165) is 0 Å². The number of hydrogen-bond acceptors (Lipinski definition) is 10. The number of hydrogen-bond donors (Lipinski definition) is 2. The van der Waals surface area contributed by atoms with Crippen molar-refractivity contribution in [2.75, 3.05) is 21.3 Å². The summed E-state index contributed by atoms with van der Waals surface area (Å²) in [6.45, 7) is 0. The zero-order valence-electron chi connectivity index (χ0n) is 20.6. The van der Waals surface area contributed by atoms with Crippen molar-refractivity contribution < 1.29 is 28.5 Å². The molecule has 10 nitrogen and oxygen atoms in total. The van der Waals surface area contributed by atoms with Crippen LogP contribution < -0.4 is 29.4 Å². The number of methoxy groups -OCH3 is 3. The molecule has 2 aromatic heterocycles. The van der Waals surface area contributed by atoms with E-state index >= 15 is 0 Å². The van der Waals surface area contributed by atoms with Crippen molar-refractivity contribution in [3.8, 4) is 46.2 Å². The molecule has 192 valence electrons. The Bertz CT molecular complexity index is 1560.